The van der Waals surface area contributed by atoms with Gasteiger partial charge in [-0.2, -0.15) is 0 Å². The Morgan fingerprint density at radius 1 is 1.35 bits per heavy atom. The van der Waals surface area contributed by atoms with E-state index in [-0.39, 0.29) is 18.3 Å². The summed E-state index contributed by atoms with van der Waals surface area (Å²) >= 11 is 12.9. The van der Waals surface area contributed by atoms with Crippen LogP contribution in [0.2, 0.25) is 5.15 Å². The lowest BCUT2D eigenvalue weighted by atomic mass is 10.2. The molecule has 104 valence electrons. The standard InChI is InChI=1S/C14H10Br2ClNO2/c15-9-5-10(16)14(20-6-11(19)7-1-2-7)13-8(9)3-4-12(17)18-13/h3-5,7H,1-2,6H2. The Morgan fingerprint density at radius 2 is 2.10 bits per heavy atom. The van der Waals surface area contributed by atoms with Crippen molar-refractivity contribution in [3.63, 3.8) is 0 Å². The highest BCUT2D eigenvalue weighted by molar-refractivity contribution is 9.11. The second kappa shape index (κ2) is 5.62. The van der Waals surface area contributed by atoms with Gasteiger partial charge in [0, 0.05) is 15.8 Å². The first-order valence-electron chi connectivity index (χ1n) is 6.16. The zero-order chi connectivity index (χ0) is 14.3. The normalized spacial score (nSPS) is 14.6. The van der Waals surface area contributed by atoms with Crippen molar-refractivity contribution >= 4 is 60.1 Å². The van der Waals surface area contributed by atoms with Gasteiger partial charge in [-0.1, -0.05) is 27.5 Å². The second-order valence-corrected chi connectivity index (χ2v) is 6.82. The summed E-state index contributed by atoms with van der Waals surface area (Å²) < 4.78 is 7.32. The van der Waals surface area contributed by atoms with Crippen LogP contribution in [-0.2, 0) is 4.79 Å². The fourth-order valence-corrected chi connectivity index (χ4v) is 3.51. The summed E-state index contributed by atoms with van der Waals surface area (Å²) in [6, 6.07) is 5.48. The van der Waals surface area contributed by atoms with E-state index in [1.165, 1.54) is 0 Å². The molecule has 1 aromatic carbocycles. The lowest BCUT2D eigenvalue weighted by molar-refractivity contribution is -0.122. The summed E-state index contributed by atoms with van der Waals surface area (Å²) in [5.74, 6) is 0.890. The maximum absolute atomic E-state index is 11.8. The van der Waals surface area contributed by atoms with Gasteiger partial charge in [-0.05, 0) is 47.0 Å². The van der Waals surface area contributed by atoms with E-state index < -0.39 is 0 Å². The lowest BCUT2D eigenvalue weighted by Gasteiger charge is -2.11. The van der Waals surface area contributed by atoms with Crippen LogP contribution in [0.1, 0.15) is 12.8 Å². The summed E-state index contributed by atoms with van der Waals surface area (Å²) in [5, 5.41) is 1.28. The van der Waals surface area contributed by atoms with Crippen molar-refractivity contribution in [1.82, 2.24) is 4.98 Å². The van der Waals surface area contributed by atoms with Crippen molar-refractivity contribution in [2.45, 2.75) is 12.8 Å². The minimum absolute atomic E-state index is 0.0776. The molecule has 6 heteroatoms. The van der Waals surface area contributed by atoms with Crippen LogP contribution in [0.15, 0.2) is 27.1 Å². The molecule has 0 N–H and O–H groups in total. The molecule has 3 nitrogen and oxygen atoms in total. The summed E-state index contributed by atoms with van der Waals surface area (Å²) in [4.78, 5) is 16.1. The molecule has 3 rings (SSSR count). The van der Waals surface area contributed by atoms with Crippen LogP contribution < -0.4 is 4.74 Å². The van der Waals surface area contributed by atoms with Crippen LogP contribution in [0.3, 0.4) is 0 Å². The number of ether oxygens (including phenoxy) is 1. The fourth-order valence-electron chi connectivity index (χ4n) is 1.97. The zero-order valence-electron chi connectivity index (χ0n) is 10.3. The number of halogens is 3. The van der Waals surface area contributed by atoms with Crippen molar-refractivity contribution in [2.75, 3.05) is 6.61 Å². The number of rotatable bonds is 4. The van der Waals surface area contributed by atoms with E-state index in [0.29, 0.717) is 16.4 Å². The summed E-state index contributed by atoms with van der Waals surface area (Å²) in [7, 11) is 0. The molecule has 20 heavy (non-hydrogen) atoms. The number of benzene rings is 1. The van der Waals surface area contributed by atoms with Crippen molar-refractivity contribution in [1.29, 1.82) is 0 Å². The number of hydrogen-bond acceptors (Lipinski definition) is 3. The zero-order valence-corrected chi connectivity index (χ0v) is 14.3. The Balaban J connectivity index is 1.99. The van der Waals surface area contributed by atoms with Gasteiger partial charge in [0.05, 0.1) is 4.47 Å². The molecule has 0 aliphatic heterocycles. The van der Waals surface area contributed by atoms with Crippen LogP contribution >= 0.6 is 43.5 Å². The SMILES string of the molecule is O=C(COc1c(Br)cc(Br)c2ccc(Cl)nc12)C1CC1. The van der Waals surface area contributed by atoms with Crippen LogP contribution in [0.4, 0.5) is 0 Å². The number of fused-ring (bicyclic) bond motifs is 1. The Hall–Kier alpha value is -0.650. The molecular weight excluding hydrogens is 409 g/mol. The number of aromatic nitrogens is 1. The third-order valence-electron chi connectivity index (χ3n) is 3.20. The van der Waals surface area contributed by atoms with Gasteiger partial charge in [-0.15, -0.1) is 0 Å². The molecule has 1 aliphatic carbocycles. The molecule has 0 bridgehead atoms. The van der Waals surface area contributed by atoms with Crippen molar-refractivity contribution in [3.8, 4) is 5.75 Å². The number of hydrogen-bond donors (Lipinski definition) is 0. The van der Waals surface area contributed by atoms with E-state index in [4.69, 9.17) is 16.3 Å². The third-order valence-corrected chi connectivity index (χ3v) is 4.65. The van der Waals surface area contributed by atoms with E-state index >= 15 is 0 Å². The molecule has 0 amide bonds. The first-order chi connectivity index (χ1) is 9.56. The Bertz CT molecular complexity index is 701. The molecule has 0 radical (unpaired) electrons. The molecule has 0 atom stereocenters. The summed E-state index contributed by atoms with van der Waals surface area (Å²) in [6.07, 6.45) is 1.96. The molecule has 1 heterocycles. The molecule has 0 unspecified atom stereocenters. The molecule has 1 saturated carbocycles. The molecule has 1 aliphatic rings. The number of carbonyl (C=O) groups is 1. The van der Waals surface area contributed by atoms with Gasteiger partial charge >= 0.3 is 0 Å². The minimum atomic E-state index is 0.0776. The van der Waals surface area contributed by atoms with Gasteiger partial charge in [-0.3, -0.25) is 4.79 Å². The smallest absolute Gasteiger partial charge is 0.173 e. The van der Waals surface area contributed by atoms with E-state index in [1.54, 1.807) is 6.07 Å². The van der Waals surface area contributed by atoms with Gasteiger partial charge in [0.25, 0.3) is 0 Å². The molecule has 1 aromatic heterocycles. The highest BCUT2D eigenvalue weighted by Crippen LogP contribution is 2.38. The topological polar surface area (TPSA) is 39.2 Å². The predicted octanol–water partition coefficient (Wildman–Crippen LogP) is 4.77. The average molecular weight is 420 g/mol. The highest BCUT2D eigenvalue weighted by atomic mass is 79.9. The second-order valence-electron chi connectivity index (χ2n) is 4.73. The van der Waals surface area contributed by atoms with Crippen molar-refractivity contribution in [2.24, 2.45) is 5.92 Å². The molecular formula is C14H10Br2ClNO2. The van der Waals surface area contributed by atoms with Gasteiger partial charge in [-0.25, -0.2) is 4.98 Å². The Morgan fingerprint density at radius 3 is 2.80 bits per heavy atom. The summed E-state index contributed by atoms with van der Waals surface area (Å²) in [5.41, 5.74) is 0.641. The predicted molar refractivity (Wildman–Crippen MR) is 85.4 cm³/mol. The number of pyridine rings is 1. The van der Waals surface area contributed by atoms with Crippen molar-refractivity contribution in [3.05, 3.63) is 32.3 Å². The maximum atomic E-state index is 11.8. The lowest BCUT2D eigenvalue weighted by Crippen LogP contribution is -2.13. The largest absolute Gasteiger partial charge is 0.482 e. The quantitative estimate of drug-likeness (QED) is 0.670. The van der Waals surface area contributed by atoms with E-state index in [0.717, 1.165) is 27.2 Å². The average Bonchev–Trinajstić information content (AvgIpc) is 3.22. The Labute approximate surface area is 137 Å². The van der Waals surface area contributed by atoms with Gasteiger partial charge in [0.2, 0.25) is 0 Å². The van der Waals surface area contributed by atoms with E-state index in [1.807, 2.05) is 12.1 Å². The van der Waals surface area contributed by atoms with Crippen LogP contribution in [0.5, 0.6) is 5.75 Å². The van der Waals surface area contributed by atoms with Crippen molar-refractivity contribution < 1.29 is 9.53 Å². The maximum Gasteiger partial charge on any atom is 0.173 e. The third kappa shape index (κ3) is 2.85. The number of ketones is 1. The van der Waals surface area contributed by atoms with Crippen LogP contribution in [0, 0.1) is 5.92 Å². The highest BCUT2D eigenvalue weighted by Gasteiger charge is 2.30. The fraction of sp³-hybridized carbons (Fsp3) is 0.286. The molecule has 0 spiro atoms. The van der Waals surface area contributed by atoms with Crippen LogP contribution in [-0.4, -0.2) is 17.4 Å². The van der Waals surface area contributed by atoms with Crippen LogP contribution in [0.25, 0.3) is 10.9 Å². The first-order valence-corrected chi connectivity index (χ1v) is 8.12. The number of nitrogens with zero attached hydrogens (tertiary/aromatic N) is 1. The molecule has 2 aromatic rings. The monoisotopic (exact) mass is 417 g/mol. The van der Waals surface area contributed by atoms with E-state index in [9.17, 15) is 4.79 Å². The number of Topliss-reactive ketones (excluding diaryl/α,β-unsaturated/α-hetero) is 1. The van der Waals surface area contributed by atoms with Gasteiger partial charge in [0.1, 0.15) is 17.3 Å². The summed E-state index contributed by atoms with van der Waals surface area (Å²) in [6.45, 7) is 0.0776. The van der Waals surface area contributed by atoms with Gasteiger partial charge in [0.15, 0.2) is 11.5 Å². The minimum Gasteiger partial charge on any atom is -0.482 e. The molecule has 1 fully saturated rings. The Kier molecular flexibility index (Phi) is 4.02. The van der Waals surface area contributed by atoms with Gasteiger partial charge < -0.3 is 4.74 Å². The number of carbonyl (C=O) groups excluding carboxylic acids is 1. The first kappa shape index (κ1) is 14.3. The molecule has 0 saturated heterocycles. The van der Waals surface area contributed by atoms with E-state index in [2.05, 4.69) is 36.8 Å².